The largest absolute Gasteiger partial charge is 0.352 e. The number of amides is 2. The average molecular weight is 569 g/mol. The van der Waals surface area contributed by atoms with Gasteiger partial charge in [-0.15, -0.1) is 0 Å². The van der Waals surface area contributed by atoms with Crippen LogP contribution < -0.4 is 9.62 Å². The number of sulfonamides is 1. The Labute approximate surface area is 230 Å². The van der Waals surface area contributed by atoms with E-state index < -0.39 is 28.5 Å². The summed E-state index contributed by atoms with van der Waals surface area (Å²) < 4.78 is 26.7. The van der Waals surface area contributed by atoms with E-state index in [1.807, 2.05) is 26.8 Å². The fourth-order valence-corrected chi connectivity index (χ4v) is 5.98. The Balaban J connectivity index is 1.96. The lowest BCUT2D eigenvalue weighted by Gasteiger charge is -2.33. The number of nitrogens with one attached hydrogen (secondary N) is 1. The predicted molar refractivity (Wildman–Crippen MR) is 150 cm³/mol. The molecule has 37 heavy (non-hydrogen) atoms. The molecule has 1 aliphatic carbocycles. The molecule has 0 aliphatic heterocycles. The summed E-state index contributed by atoms with van der Waals surface area (Å²) in [6.45, 7) is 5.23. The first kappa shape index (κ1) is 29.3. The quantitative estimate of drug-likeness (QED) is 0.425. The van der Waals surface area contributed by atoms with Gasteiger partial charge < -0.3 is 10.2 Å². The molecule has 202 valence electrons. The molecule has 2 aromatic rings. The molecule has 1 saturated carbocycles. The Kier molecular flexibility index (Phi) is 9.89. The van der Waals surface area contributed by atoms with Gasteiger partial charge in [-0.3, -0.25) is 13.9 Å². The highest BCUT2D eigenvalue weighted by Crippen LogP contribution is 2.26. The SMILES string of the molecule is CC[C@@H](C(=O)NC1CCCC1)N(Cc1ccc(Cl)c(Cl)c1)C(=O)CN(c1cc(C)cc(C)c1)S(C)(=O)=O. The van der Waals surface area contributed by atoms with Gasteiger partial charge in [0.05, 0.1) is 22.0 Å². The fraction of sp³-hybridized carbons (Fsp3) is 0.481. The number of hydrogen-bond acceptors (Lipinski definition) is 4. The molecule has 2 amide bonds. The van der Waals surface area contributed by atoms with Gasteiger partial charge >= 0.3 is 0 Å². The molecule has 0 saturated heterocycles. The van der Waals surface area contributed by atoms with Gasteiger partial charge in [-0.05, 0) is 74.1 Å². The second-order valence-electron chi connectivity index (χ2n) is 9.80. The zero-order valence-corrected chi connectivity index (χ0v) is 24.1. The summed E-state index contributed by atoms with van der Waals surface area (Å²) in [4.78, 5) is 28.6. The second kappa shape index (κ2) is 12.5. The van der Waals surface area contributed by atoms with Crippen LogP contribution in [0.5, 0.6) is 0 Å². The standard InChI is InChI=1S/C27H35Cl2N3O4S/c1-5-25(27(34)30-21-8-6-7-9-21)31(16-20-10-11-23(28)24(29)15-20)26(33)17-32(37(4,35)36)22-13-18(2)12-19(3)14-22/h10-15,21,25H,5-9,16-17H2,1-4H3,(H,30,34)/t25-/m0/s1. The third-order valence-electron chi connectivity index (χ3n) is 6.60. The summed E-state index contributed by atoms with van der Waals surface area (Å²) in [7, 11) is -3.79. The maximum Gasteiger partial charge on any atom is 0.244 e. The molecule has 1 fully saturated rings. The molecule has 3 rings (SSSR count). The maximum atomic E-state index is 13.8. The van der Waals surface area contributed by atoms with Crippen LogP contribution in [-0.2, 0) is 26.2 Å². The first-order valence-electron chi connectivity index (χ1n) is 12.5. The van der Waals surface area contributed by atoms with Crippen LogP contribution in [0, 0.1) is 13.8 Å². The smallest absolute Gasteiger partial charge is 0.244 e. The second-order valence-corrected chi connectivity index (χ2v) is 12.5. The number of halogens is 2. The van der Waals surface area contributed by atoms with Gasteiger partial charge in [0.2, 0.25) is 21.8 Å². The summed E-state index contributed by atoms with van der Waals surface area (Å²) in [5, 5.41) is 3.81. The highest BCUT2D eigenvalue weighted by molar-refractivity contribution is 7.92. The van der Waals surface area contributed by atoms with E-state index in [1.165, 1.54) is 4.90 Å². The predicted octanol–water partition coefficient (Wildman–Crippen LogP) is 5.24. The molecule has 1 N–H and O–H groups in total. The van der Waals surface area contributed by atoms with Crippen molar-refractivity contribution in [3.05, 3.63) is 63.1 Å². The number of benzene rings is 2. The Morgan fingerprint density at radius 2 is 1.65 bits per heavy atom. The molecule has 1 atom stereocenters. The minimum Gasteiger partial charge on any atom is -0.352 e. The number of hydrogen-bond donors (Lipinski definition) is 1. The number of carbonyl (C=O) groups excluding carboxylic acids is 2. The Bertz CT molecular complexity index is 1230. The van der Waals surface area contributed by atoms with Crippen LogP contribution in [0.15, 0.2) is 36.4 Å². The Morgan fingerprint density at radius 3 is 2.19 bits per heavy atom. The van der Waals surface area contributed by atoms with E-state index in [2.05, 4.69) is 5.32 Å². The van der Waals surface area contributed by atoms with Crippen molar-refractivity contribution in [2.24, 2.45) is 0 Å². The highest BCUT2D eigenvalue weighted by atomic mass is 35.5. The van der Waals surface area contributed by atoms with Gasteiger partial charge in [0.25, 0.3) is 0 Å². The van der Waals surface area contributed by atoms with E-state index in [0.717, 1.165) is 47.4 Å². The summed E-state index contributed by atoms with van der Waals surface area (Å²) in [5.74, 6) is -0.718. The van der Waals surface area contributed by atoms with Gasteiger partial charge in [0.15, 0.2) is 0 Å². The minimum absolute atomic E-state index is 0.0801. The van der Waals surface area contributed by atoms with Crippen molar-refractivity contribution < 1.29 is 18.0 Å². The van der Waals surface area contributed by atoms with Crippen molar-refractivity contribution >= 4 is 50.7 Å². The molecular weight excluding hydrogens is 533 g/mol. The minimum atomic E-state index is -3.79. The summed E-state index contributed by atoms with van der Waals surface area (Å²) in [5.41, 5.74) is 2.86. The molecule has 2 aromatic carbocycles. The van der Waals surface area contributed by atoms with Crippen LogP contribution in [0.2, 0.25) is 10.0 Å². The molecule has 1 aliphatic rings. The lowest BCUT2D eigenvalue weighted by Crippen LogP contribution is -2.53. The molecule has 0 unspecified atom stereocenters. The van der Waals surface area contributed by atoms with E-state index in [-0.39, 0.29) is 18.5 Å². The van der Waals surface area contributed by atoms with Crippen LogP contribution in [0.25, 0.3) is 0 Å². The summed E-state index contributed by atoms with van der Waals surface area (Å²) in [6, 6.07) is 9.75. The molecule has 0 heterocycles. The number of anilines is 1. The van der Waals surface area contributed by atoms with Crippen LogP contribution in [-0.4, -0.2) is 50.0 Å². The van der Waals surface area contributed by atoms with E-state index in [9.17, 15) is 18.0 Å². The molecule has 0 aromatic heterocycles. The first-order valence-corrected chi connectivity index (χ1v) is 15.1. The zero-order chi connectivity index (χ0) is 27.3. The summed E-state index contributed by atoms with van der Waals surface area (Å²) in [6.07, 6.45) is 5.40. The van der Waals surface area contributed by atoms with Crippen molar-refractivity contribution in [1.29, 1.82) is 0 Å². The zero-order valence-electron chi connectivity index (χ0n) is 21.8. The van der Waals surface area contributed by atoms with Gasteiger partial charge in [0, 0.05) is 12.6 Å². The van der Waals surface area contributed by atoms with Gasteiger partial charge in [-0.1, -0.05) is 55.1 Å². The third-order valence-corrected chi connectivity index (χ3v) is 8.48. The molecule has 0 bridgehead atoms. The molecule has 7 nitrogen and oxygen atoms in total. The Morgan fingerprint density at radius 1 is 1.03 bits per heavy atom. The fourth-order valence-electron chi connectivity index (χ4n) is 4.83. The topological polar surface area (TPSA) is 86.8 Å². The molecular formula is C27H35Cl2N3O4S. The lowest BCUT2D eigenvalue weighted by molar-refractivity contribution is -0.140. The third kappa shape index (κ3) is 7.85. The number of rotatable bonds is 10. The van der Waals surface area contributed by atoms with E-state index >= 15 is 0 Å². The lowest BCUT2D eigenvalue weighted by atomic mass is 10.1. The highest BCUT2D eigenvalue weighted by Gasteiger charge is 2.33. The molecule has 10 heteroatoms. The number of nitrogens with zero attached hydrogens (tertiary/aromatic N) is 2. The van der Waals surface area contributed by atoms with Crippen LogP contribution >= 0.6 is 23.2 Å². The normalized spacial score (nSPS) is 14.9. The van der Waals surface area contributed by atoms with Crippen molar-refractivity contribution in [3.63, 3.8) is 0 Å². The molecule has 0 spiro atoms. The van der Waals surface area contributed by atoms with Crippen molar-refractivity contribution in [3.8, 4) is 0 Å². The summed E-state index contributed by atoms with van der Waals surface area (Å²) >= 11 is 12.3. The van der Waals surface area contributed by atoms with Crippen LogP contribution in [0.1, 0.15) is 55.7 Å². The van der Waals surface area contributed by atoms with Crippen LogP contribution in [0.4, 0.5) is 5.69 Å². The maximum absolute atomic E-state index is 13.8. The average Bonchev–Trinajstić information content (AvgIpc) is 3.31. The number of aryl methyl sites for hydroxylation is 2. The Hall–Kier alpha value is -2.29. The van der Waals surface area contributed by atoms with E-state index in [0.29, 0.717) is 27.7 Å². The van der Waals surface area contributed by atoms with E-state index in [4.69, 9.17) is 23.2 Å². The first-order chi connectivity index (χ1) is 17.4. The van der Waals surface area contributed by atoms with E-state index in [1.54, 1.807) is 30.3 Å². The van der Waals surface area contributed by atoms with Gasteiger partial charge in [0.1, 0.15) is 12.6 Å². The van der Waals surface area contributed by atoms with Gasteiger partial charge in [-0.25, -0.2) is 8.42 Å². The van der Waals surface area contributed by atoms with Crippen molar-refractivity contribution in [1.82, 2.24) is 10.2 Å². The van der Waals surface area contributed by atoms with Crippen LogP contribution in [0.3, 0.4) is 0 Å². The monoisotopic (exact) mass is 567 g/mol. The van der Waals surface area contributed by atoms with Crippen molar-refractivity contribution in [2.45, 2.75) is 71.5 Å². The van der Waals surface area contributed by atoms with Gasteiger partial charge in [-0.2, -0.15) is 0 Å². The number of carbonyl (C=O) groups is 2. The molecule has 0 radical (unpaired) electrons. The van der Waals surface area contributed by atoms with Crippen molar-refractivity contribution in [2.75, 3.05) is 17.1 Å².